The summed E-state index contributed by atoms with van der Waals surface area (Å²) < 4.78 is 13.6. The first-order valence-corrected chi connectivity index (χ1v) is 6.96. The topological polar surface area (TPSA) is 20.3 Å². The number of hydrogen-bond donors (Lipinski definition) is 0. The number of ketones is 1. The number of hydrogen-bond acceptors (Lipinski definition) is 2. The molecule has 0 bridgehead atoms. The van der Waals surface area contributed by atoms with E-state index in [-0.39, 0.29) is 17.3 Å². The van der Waals surface area contributed by atoms with Crippen LogP contribution in [0.25, 0.3) is 0 Å². The molecule has 2 nitrogen and oxygen atoms in total. The smallest absolute Gasteiger partial charge is 0.169 e. The fourth-order valence-electron chi connectivity index (χ4n) is 2.61. The highest BCUT2D eigenvalue weighted by Crippen LogP contribution is 2.38. The number of benzene rings is 1. The molecule has 0 N–H and O–H groups in total. The molecule has 3 atom stereocenters. The molecule has 3 heteroatoms. The number of halogens is 1. The van der Waals surface area contributed by atoms with Gasteiger partial charge in [-0.05, 0) is 37.4 Å². The van der Waals surface area contributed by atoms with E-state index in [1.807, 2.05) is 14.0 Å². The highest BCUT2D eigenvalue weighted by Gasteiger charge is 2.33. The molecule has 1 fully saturated rings. The Morgan fingerprint density at radius 3 is 2.68 bits per heavy atom. The lowest BCUT2D eigenvalue weighted by molar-refractivity contribution is 0.0897. The first kappa shape index (κ1) is 14.2. The second kappa shape index (κ2) is 5.83. The molecule has 0 aromatic heterocycles. The zero-order valence-corrected chi connectivity index (χ0v) is 11.9. The minimum atomic E-state index is -0.419. The molecule has 19 heavy (non-hydrogen) atoms. The average Bonchev–Trinajstić information content (AvgIpc) is 3.04. The van der Waals surface area contributed by atoms with Crippen molar-refractivity contribution in [1.29, 1.82) is 0 Å². The summed E-state index contributed by atoms with van der Waals surface area (Å²) in [4.78, 5) is 14.4. The Balaban J connectivity index is 1.90. The van der Waals surface area contributed by atoms with E-state index in [1.54, 1.807) is 18.2 Å². The van der Waals surface area contributed by atoms with Crippen LogP contribution in [0.5, 0.6) is 0 Å². The first-order valence-electron chi connectivity index (χ1n) is 6.96. The maximum atomic E-state index is 13.6. The Hall–Kier alpha value is -1.22. The van der Waals surface area contributed by atoms with Crippen LogP contribution in [-0.4, -0.2) is 30.8 Å². The fraction of sp³-hybridized carbons (Fsp3) is 0.562. The normalized spacial score (nSPS) is 23.4. The van der Waals surface area contributed by atoms with E-state index >= 15 is 0 Å². The van der Waals surface area contributed by atoms with Gasteiger partial charge in [-0.25, -0.2) is 4.39 Å². The van der Waals surface area contributed by atoms with Crippen LogP contribution < -0.4 is 0 Å². The van der Waals surface area contributed by atoms with Crippen LogP contribution in [0.1, 0.15) is 30.6 Å². The van der Waals surface area contributed by atoms with Gasteiger partial charge in [0.1, 0.15) is 5.82 Å². The molecule has 0 radical (unpaired) electrons. The Bertz CT molecular complexity index is 460. The molecule has 0 amide bonds. The summed E-state index contributed by atoms with van der Waals surface area (Å²) in [6, 6.07) is 6.22. The van der Waals surface area contributed by atoms with Crippen molar-refractivity contribution in [2.75, 3.05) is 20.1 Å². The molecule has 1 aliphatic rings. The molecule has 1 aromatic rings. The van der Waals surface area contributed by atoms with Gasteiger partial charge in [-0.3, -0.25) is 4.79 Å². The van der Waals surface area contributed by atoms with Gasteiger partial charge in [-0.2, -0.15) is 0 Å². The van der Waals surface area contributed by atoms with E-state index in [4.69, 9.17) is 0 Å². The largest absolute Gasteiger partial charge is 0.305 e. The number of carbonyl (C=O) groups is 1. The van der Waals surface area contributed by atoms with E-state index < -0.39 is 5.82 Å². The maximum absolute atomic E-state index is 13.6. The second-order valence-corrected chi connectivity index (χ2v) is 5.94. The van der Waals surface area contributed by atoms with Gasteiger partial charge in [-0.1, -0.05) is 26.0 Å². The van der Waals surface area contributed by atoms with Crippen LogP contribution in [0.4, 0.5) is 4.39 Å². The van der Waals surface area contributed by atoms with Crippen molar-refractivity contribution in [3.8, 4) is 0 Å². The monoisotopic (exact) mass is 263 g/mol. The third-order valence-corrected chi connectivity index (χ3v) is 3.99. The van der Waals surface area contributed by atoms with Crippen molar-refractivity contribution in [1.82, 2.24) is 4.90 Å². The summed E-state index contributed by atoms with van der Waals surface area (Å²) in [5, 5.41) is 0. The third-order valence-electron chi connectivity index (χ3n) is 3.99. The van der Waals surface area contributed by atoms with Gasteiger partial charge in [0.15, 0.2) is 5.78 Å². The maximum Gasteiger partial charge on any atom is 0.169 e. The zero-order chi connectivity index (χ0) is 14.0. The van der Waals surface area contributed by atoms with Crippen molar-refractivity contribution in [3.05, 3.63) is 35.6 Å². The van der Waals surface area contributed by atoms with Crippen LogP contribution in [-0.2, 0) is 0 Å². The summed E-state index contributed by atoms with van der Waals surface area (Å²) in [5.41, 5.74) is 0.211. The van der Waals surface area contributed by atoms with Gasteiger partial charge in [0.25, 0.3) is 0 Å². The summed E-state index contributed by atoms with van der Waals surface area (Å²) in [5.74, 6) is 0.906. The molecule has 0 heterocycles. The predicted octanol–water partition coefficient (Wildman–Crippen LogP) is 3.23. The number of nitrogens with zero attached hydrogens (tertiary/aromatic N) is 1. The van der Waals surface area contributed by atoms with E-state index in [0.29, 0.717) is 6.54 Å². The molecule has 0 spiro atoms. The Morgan fingerprint density at radius 2 is 2.11 bits per heavy atom. The minimum absolute atomic E-state index is 0.103. The zero-order valence-electron chi connectivity index (χ0n) is 11.9. The SMILES string of the molecule is CC(CN(C)CC1CC1C)C(=O)c1ccccc1F. The van der Waals surface area contributed by atoms with Crippen LogP contribution in [0.2, 0.25) is 0 Å². The van der Waals surface area contributed by atoms with Crippen LogP contribution >= 0.6 is 0 Å². The fourth-order valence-corrected chi connectivity index (χ4v) is 2.61. The molecule has 104 valence electrons. The quantitative estimate of drug-likeness (QED) is 0.734. The van der Waals surface area contributed by atoms with Crippen LogP contribution in [0, 0.1) is 23.6 Å². The minimum Gasteiger partial charge on any atom is -0.305 e. The molecular weight excluding hydrogens is 241 g/mol. The number of rotatable bonds is 6. The Kier molecular flexibility index (Phi) is 4.35. The molecule has 0 saturated heterocycles. The highest BCUT2D eigenvalue weighted by atomic mass is 19.1. The van der Waals surface area contributed by atoms with Crippen molar-refractivity contribution in [2.45, 2.75) is 20.3 Å². The number of Topliss-reactive ketones (excluding diaryl/α,β-unsaturated/α-hetero) is 1. The Morgan fingerprint density at radius 1 is 1.47 bits per heavy atom. The van der Waals surface area contributed by atoms with E-state index in [9.17, 15) is 9.18 Å². The van der Waals surface area contributed by atoms with E-state index in [1.165, 1.54) is 12.5 Å². The van der Waals surface area contributed by atoms with Crippen molar-refractivity contribution in [3.63, 3.8) is 0 Å². The van der Waals surface area contributed by atoms with Gasteiger partial charge in [0.05, 0.1) is 5.56 Å². The van der Waals surface area contributed by atoms with Crippen molar-refractivity contribution >= 4 is 5.78 Å². The lowest BCUT2D eigenvalue weighted by atomic mass is 9.98. The van der Waals surface area contributed by atoms with Gasteiger partial charge < -0.3 is 4.90 Å². The second-order valence-electron chi connectivity index (χ2n) is 5.94. The van der Waals surface area contributed by atoms with Crippen LogP contribution in [0.15, 0.2) is 24.3 Å². The van der Waals surface area contributed by atoms with Crippen molar-refractivity contribution < 1.29 is 9.18 Å². The molecule has 1 aromatic carbocycles. The standard InChI is InChI=1S/C16H22FNO/c1-11-8-13(11)10-18(3)9-12(2)16(19)14-6-4-5-7-15(14)17/h4-7,11-13H,8-10H2,1-3H3. The third kappa shape index (κ3) is 3.63. The lowest BCUT2D eigenvalue weighted by Gasteiger charge is -2.20. The van der Waals surface area contributed by atoms with Crippen LogP contribution in [0.3, 0.4) is 0 Å². The summed E-state index contributed by atoms with van der Waals surface area (Å²) in [6.07, 6.45) is 1.29. The van der Waals surface area contributed by atoms with Gasteiger partial charge in [0, 0.05) is 19.0 Å². The molecular formula is C16H22FNO. The molecule has 2 rings (SSSR count). The van der Waals surface area contributed by atoms with E-state index in [0.717, 1.165) is 18.4 Å². The first-order chi connectivity index (χ1) is 8.99. The average molecular weight is 263 g/mol. The van der Waals surface area contributed by atoms with Gasteiger partial charge >= 0.3 is 0 Å². The van der Waals surface area contributed by atoms with E-state index in [2.05, 4.69) is 11.8 Å². The Labute approximate surface area is 114 Å². The van der Waals surface area contributed by atoms with Gasteiger partial charge in [-0.15, -0.1) is 0 Å². The number of carbonyl (C=O) groups excluding carboxylic acids is 1. The predicted molar refractivity (Wildman–Crippen MR) is 74.7 cm³/mol. The summed E-state index contributed by atoms with van der Waals surface area (Å²) in [7, 11) is 2.04. The summed E-state index contributed by atoms with van der Waals surface area (Å²) >= 11 is 0. The van der Waals surface area contributed by atoms with Gasteiger partial charge in [0.2, 0.25) is 0 Å². The lowest BCUT2D eigenvalue weighted by Crippen LogP contribution is -2.30. The molecule has 0 aliphatic heterocycles. The molecule has 1 aliphatic carbocycles. The molecule has 3 unspecified atom stereocenters. The summed E-state index contributed by atoms with van der Waals surface area (Å²) in [6.45, 7) is 5.86. The molecule has 1 saturated carbocycles. The highest BCUT2D eigenvalue weighted by molar-refractivity contribution is 5.98. The van der Waals surface area contributed by atoms with Crippen molar-refractivity contribution in [2.24, 2.45) is 17.8 Å².